The van der Waals surface area contributed by atoms with E-state index in [4.69, 9.17) is 4.74 Å². The summed E-state index contributed by atoms with van der Waals surface area (Å²) < 4.78 is 5.98. The zero-order chi connectivity index (χ0) is 15.3. The molecule has 0 heterocycles. The van der Waals surface area contributed by atoms with E-state index in [1.165, 1.54) is 0 Å². The standard InChI is InChI=1S/C18H21NO2/c1-18(2,3)21-17(15-12-8-5-9-13-15)19-16(20)14-10-6-4-7-11-14/h4-13,17H,1-3H3,(H,19,20). The molecule has 0 saturated carbocycles. The van der Waals surface area contributed by atoms with Gasteiger partial charge in [-0.1, -0.05) is 48.5 Å². The van der Waals surface area contributed by atoms with Gasteiger partial charge in [0.1, 0.15) is 0 Å². The molecule has 0 bridgehead atoms. The maximum Gasteiger partial charge on any atom is 0.253 e. The fourth-order valence-electron chi connectivity index (χ4n) is 1.95. The second-order valence-electron chi connectivity index (χ2n) is 5.86. The van der Waals surface area contributed by atoms with E-state index in [1.807, 2.05) is 69.3 Å². The van der Waals surface area contributed by atoms with E-state index >= 15 is 0 Å². The lowest BCUT2D eigenvalue weighted by Crippen LogP contribution is -2.35. The van der Waals surface area contributed by atoms with Gasteiger partial charge in [-0.2, -0.15) is 0 Å². The van der Waals surface area contributed by atoms with Crippen LogP contribution in [0.25, 0.3) is 0 Å². The van der Waals surface area contributed by atoms with Gasteiger partial charge in [0.25, 0.3) is 5.91 Å². The molecular formula is C18H21NO2. The van der Waals surface area contributed by atoms with E-state index in [0.717, 1.165) is 5.56 Å². The van der Waals surface area contributed by atoms with Gasteiger partial charge in [0.15, 0.2) is 6.23 Å². The molecule has 0 aromatic heterocycles. The van der Waals surface area contributed by atoms with Gasteiger partial charge in [0, 0.05) is 11.1 Å². The second-order valence-corrected chi connectivity index (χ2v) is 5.86. The molecule has 1 amide bonds. The number of rotatable bonds is 4. The molecule has 3 heteroatoms. The Hall–Kier alpha value is -2.13. The second kappa shape index (κ2) is 6.55. The molecule has 0 fully saturated rings. The number of ether oxygens (including phenoxy) is 1. The van der Waals surface area contributed by atoms with E-state index in [0.29, 0.717) is 5.56 Å². The van der Waals surface area contributed by atoms with Crippen LogP contribution in [0.5, 0.6) is 0 Å². The van der Waals surface area contributed by atoms with Crippen LogP contribution in [0.3, 0.4) is 0 Å². The molecule has 0 aliphatic rings. The summed E-state index contributed by atoms with van der Waals surface area (Å²) in [5.74, 6) is -0.145. The Morgan fingerprint density at radius 3 is 2.00 bits per heavy atom. The Morgan fingerprint density at radius 2 is 1.48 bits per heavy atom. The van der Waals surface area contributed by atoms with Crippen molar-refractivity contribution in [2.24, 2.45) is 0 Å². The first kappa shape index (κ1) is 15.3. The molecule has 2 aromatic carbocycles. The Labute approximate surface area is 126 Å². The topological polar surface area (TPSA) is 38.3 Å². The van der Waals surface area contributed by atoms with Gasteiger partial charge in [-0.05, 0) is 32.9 Å². The molecule has 1 atom stereocenters. The minimum atomic E-state index is -0.473. The molecule has 2 rings (SSSR count). The predicted molar refractivity (Wildman–Crippen MR) is 83.9 cm³/mol. The summed E-state index contributed by atoms with van der Waals surface area (Å²) in [6.45, 7) is 5.91. The Bertz CT molecular complexity index is 573. The van der Waals surface area contributed by atoms with Crippen molar-refractivity contribution in [1.29, 1.82) is 0 Å². The van der Waals surface area contributed by atoms with Gasteiger partial charge in [-0.25, -0.2) is 0 Å². The monoisotopic (exact) mass is 283 g/mol. The highest BCUT2D eigenvalue weighted by molar-refractivity contribution is 5.94. The minimum Gasteiger partial charge on any atom is -0.349 e. The number of benzene rings is 2. The van der Waals surface area contributed by atoms with E-state index in [2.05, 4.69) is 5.32 Å². The van der Waals surface area contributed by atoms with Crippen LogP contribution in [0.2, 0.25) is 0 Å². The van der Waals surface area contributed by atoms with Crippen LogP contribution in [0.1, 0.15) is 42.9 Å². The fraction of sp³-hybridized carbons (Fsp3) is 0.278. The number of carbonyl (C=O) groups excluding carboxylic acids is 1. The van der Waals surface area contributed by atoms with Gasteiger partial charge in [-0.15, -0.1) is 0 Å². The zero-order valence-electron chi connectivity index (χ0n) is 12.7. The SMILES string of the molecule is CC(C)(C)OC(NC(=O)c1ccccc1)c1ccccc1. The molecule has 1 N–H and O–H groups in total. The molecule has 0 aliphatic heterocycles. The first-order chi connectivity index (χ1) is 9.96. The quantitative estimate of drug-likeness (QED) is 0.863. The fourth-order valence-corrected chi connectivity index (χ4v) is 1.95. The molecule has 0 spiro atoms. The smallest absolute Gasteiger partial charge is 0.253 e. The summed E-state index contributed by atoms with van der Waals surface area (Å²) in [4.78, 5) is 12.3. The average molecular weight is 283 g/mol. The van der Waals surface area contributed by atoms with Crippen LogP contribution in [-0.4, -0.2) is 11.5 Å². The molecule has 2 aromatic rings. The molecular weight excluding hydrogens is 262 g/mol. The number of nitrogens with one attached hydrogen (secondary N) is 1. The van der Waals surface area contributed by atoms with Gasteiger partial charge in [0.05, 0.1) is 5.60 Å². The van der Waals surface area contributed by atoms with Crippen molar-refractivity contribution in [3.8, 4) is 0 Å². The summed E-state index contributed by atoms with van der Waals surface area (Å²) in [7, 11) is 0. The Balaban J connectivity index is 2.19. The third kappa shape index (κ3) is 4.72. The first-order valence-corrected chi connectivity index (χ1v) is 7.04. The maximum absolute atomic E-state index is 12.3. The largest absolute Gasteiger partial charge is 0.349 e. The number of carbonyl (C=O) groups is 1. The highest BCUT2D eigenvalue weighted by Gasteiger charge is 2.22. The van der Waals surface area contributed by atoms with Crippen LogP contribution in [0, 0.1) is 0 Å². The summed E-state index contributed by atoms with van der Waals surface area (Å²) in [6.07, 6.45) is -0.473. The summed E-state index contributed by atoms with van der Waals surface area (Å²) in [5.41, 5.74) is 1.19. The predicted octanol–water partition coefficient (Wildman–Crippen LogP) is 3.93. The van der Waals surface area contributed by atoms with Crippen molar-refractivity contribution in [3.63, 3.8) is 0 Å². The number of amides is 1. The van der Waals surface area contributed by atoms with Gasteiger partial charge in [-0.3, -0.25) is 4.79 Å². The molecule has 0 saturated heterocycles. The van der Waals surface area contributed by atoms with E-state index in [1.54, 1.807) is 12.1 Å². The van der Waals surface area contributed by atoms with Crippen LogP contribution >= 0.6 is 0 Å². The van der Waals surface area contributed by atoms with Crippen molar-refractivity contribution in [1.82, 2.24) is 5.32 Å². The number of hydrogen-bond acceptors (Lipinski definition) is 2. The molecule has 21 heavy (non-hydrogen) atoms. The summed E-state index contributed by atoms with van der Waals surface area (Å²) in [6, 6.07) is 18.8. The highest BCUT2D eigenvalue weighted by atomic mass is 16.5. The number of hydrogen-bond donors (Lipinski definition) is 1. The Kier molecular flexibility index (Phi) is 4.76. The van der Waals surface area contributed by atoms with Crippen LogP contribution in [-0.2, 0) is 4.74 Å². The summed E-state index contributed by atoms with van der Waals surface area (Å²) >= 11 is 0. The lowest BCUT2D eigenvalue weighted by Gasteiger charge is -2.28. The van der Waals surface area contributed by atoms with Crippen molar-refractivity contribution in [3.05, 3.63) is 71.8 Å². The molecule has 1 unspecified atom stereocenters. The summed E-state index contributed by atoms with van der Waals surface area (Å²) in [5, 5.41) is 2.94. The molecule has 0 radical (unpaired) electrons. The lowest BCUT2D eigenvalue weighted by molar-refractivity contribution is -0.0725. The first-order valence-electron chi connectivity index (χ1n) is 7.04. The molecule has 0 aliphatic carbocycles. The van der Waals surface area contributed by atoms with E-state index in [-0.39, 0.29) is 11.5 Å². The van der Waals surface area contributed by atoms with Crippen LogP contribution in [0.4, 0.5) is 0 Å². The molecule has 3 nitrogen and oxygen atoms in total. The maximum atomic E-state index is 12.3. The minimum absolute atomic E-state index is 0.145. The van der Waals surface area contributed by atoms with Crippen molar-refractivity contribution < 1.29 is 9.53 Å². The van der Waals surface area contributed by atoms with Gasteiger partial charge < -0.3 is 10.1 Å². The highest BCUT2D eigenvalue weighted by Crippen LogP contribution is 2.22. The third-order valence-electron chi connectivity index (χ3n) is 2.87. The van der Waals surface area contributed by atoms with Crippen LogP contribution in [0.15, 0.2) is 60.7 Å². The van der Waals surface area contributed by atoms with Gasteiger partial charge >= 0.3 is 0 Å². The molecule has 110 valence electrons. The lowest BCUT2D eigenvalue weighted by atomic mass is 10.1. The van der Waals surface area contributed by atoms with E-state index < -0.39 is 6.23 Å². The van der Waals surface area contributed by atoms with Gasteiger partial charge in [0.2, 0.25) is 0 Å². The normalized spacial score (nSPS) is 12.7. The Morgan fingerprint density at radius 1 is 0.952 bits per heavy atom. The third-order valence-corrected chi connectivity index (χ3v) is 2.87. The zero-order valence-corrected chi connectivity index (χ0v) is 12.7. The van der Waals surface area contributed by atoms with Crippen molar-refractivity contribution in [2.75, 3.05) is 0 Å². The van der Waals surface area contributed by atoms with E-state index in [9.17, 15) is 4.79 Å². The van der Waals surface area contributed by atoms with Crippen molar-refractivity contribution in [2.45, 2.75) is 32.6 Å². The van der Waals surface area contributed by atoms with Crippen LogP contribution < -0.4 is 5.32 Å². The van der Waals surface area contributed by atoms with Crippen molar-refractivity contribution >= 4 is 5.91 Å². The average Bonchev–Trinajstić information content (AvgIpc) is 2.47.